The van der Waals surface area contributed by atoms with Gasteiger partial charge in [-0.05, 0) is 35.4 Å². The Balaban J connectivity index is 1.83. The van der Waals surface area contributed by atoms with Crippen LogP contribution >= 0.6 is 0 Å². The second-order valence-electron chi connectivity index (χ2n) is 4.71. The number of aromatic hydroxyl groups is 1. The number of methoxy groups -OCH3 is 1. The molecule has 118 valence electrons. The van der Waals surface area contributed by atoms with Crippen molar-refractivity contribution in [1.82, 2.24) is 0 Å². The molecule has 0 amide bonds. The first-order chi connectivity index (χ1) is 11.2. The molecule has 2 rings (SSSR count). The molecule has 4 heteroatoms. The lowest BCUT2D eigenvalue weighted by molar-refractivity contribution is -0.136. The van der Waals surface area contributed by atoms with Crippen molar-refractivity contribution in [3.8, 4) is 11.5 Å². The average Bonchev–Trinajstić information content (AvgIpc) is 2.59. The van der Waals surface area contributed by atoms with Gasteiger partial charge in [0.05, 0.1) is 7.11 Å². The van der Waals surface area contributed by atoms with Crippen LogP contribution in [0.5, 0.6) is 11.5 Å². The maximum atomic E-state index is 11.6. The second kappa shape index (κ2) is 8.44. The van der Waals surface area contributed by atoms with E-state index >= 15 is 0 Å². The summed E-state index contributed by atoms with van der Waals surface area (Å²) in [6.45, 7) is 0.205. The zero-order chi connectivity index (χ0) is 16.5. The fourth-order valence-corrected chi connectivity index (χ4v) is 1.89. The van der Waals surface area contributed by atoms with Gasteiger partial charge in [0.15, 0.2) is 11.5 Å². The van der Waals surface area contributed by atoms with Gasteiger partial charge in [-0.1, -0.05) is 42.5 Å². The first kappa shape index (κ1) is 16.4. The molecule has 0 unspecified atom stereocenters. The zero-order valence-electron chi connectivity index (χ0n) is 12.8. The third-order valence-corrected chi connectivity index (χ3v) is 3.05. The summed E-state index contributed by atoms with van der Waals surface area (Å²) in [7, 11) is 1.47. The average molecular weight is 310 g/mol. The van der Waals surface area contributed by atoms with Gasteiger partial charge in [-0.2, -0.15) is 0 Å². The summed E-state index contributed by atoms with van der Waals surface area (Å²) in [6, 6.07) is 14.6. The summed E-state index contributed by atoms with van der Waals surface area (Å²) in [6.07, 6.45) is 6.61. The van der Waals surface area contributed by atoms with Crippen molar-refractivity contribution in [2.75, 3.05) is 13.7 Å². The van der Waals surface area contributed by atoms with E-state index in [0.29, 0.717) is 5.75 Å². The highest BCUT2D eigenvalue weighted by molar-refractivity contribution is 5.87. The highest BCUT2D eigenvalue weighted by Crippen LogP contribution is 2.26. The van der Waals surface area contributed by atoms with E-state index in [1.54, 1.807) is 24.3 Å². The zero-order valence-corrected chi connectivity index (χ0v) is 12.8. The van der Waals surface area contributed by atoms with E-state index in [1.807, 2.05) is 36.4 Å². The summed E-state index contributed by atoms with van der Waals surface area (Å²) >= 11 is 0. The SMILES string of the molecule is COc1cc(/C=C/C(=O)OC/C=C/c2ccccc2)ccc1O. The molecule has 0 saturated carbocycles. The Kier molecular flexibility index (Phi) is 6.00. The summed E-state index contributed by atoms with van der Waals surface area (Å²) in [4.78, 5) is 11.6. The maximum absolute atomic E-state index is 11.6. The number of benzene rings is 2. The number of hydrogen-bond acceptors (Lipinski definition) is 4. The molecule has 0 heterocycles. The lowest BCUT2D eigenvalue weighted by atomic mass is 10.2. The van der Waals surface area contributed by atoms with Gasteiger partial charge >= 0.3 is 5.97 Å². The molecular weight excluding hydrogens is 292 g/mol. The molecule has 0 aliphatic rings. The molecule has 4 nitrogen and oxygen atoms in total. The molecule has 0 aliphatic carbocycles. The van der Waals surface area contributed by atoms with Gasteiger partial charge in [-0.3, -0.25) is 0 Å². The van der Waals surface area contributed by atoms with E-state index in [0.717, 1.165) is 11.1 Å². The molecule has 0 aromatic heterocycles. The van der Waals surface area contributed by atoms with E-state index in [1.165, 1.54) is 19.3 Å². The van der Waals surface area contributed by atoms with Gasteiger partial charge < -0.3 is 14.6 Å². The van der Waals surface area contributed by atoms with Crippen LogP contribution < -0.4 is 4.74 Å². The highest BCUT2D eigenvalue weighted by Gasteiger charge is 2.01. The van der Waals surface area contributed by atoms with Crippen molar-refractivity contribution in [3.63, 3.8) is 0 Å². The van der Waals surface area contributed by atoms with Crippen molar-refractivity contribution in [1.29, 1.82) is 0 Å². The van der Waals surface area contributed by atoms with Crippen LogP contribution in [-0.2, 0) is 9.53 Å². The summed E-state index contributed by atoms with van der Waals surface area (Å²) in [5.41, 5.74) is 1.78. The van der Waals surface area contributed by atoms with Gasteiger partial charge in [0, 0.05) is 6.08 Å². The van der Waals surface area contributed by atoms with Crippen molar-refractivity contribution >= 4 is 18.1 Å². The van der Waals surface area contributed by atoms with E-state index in [9.17, 15) is 9.90 Å². The Morgan fingerprint density at radius 1 is 1.09 bits per heavy atom. The van der Waals surface area contributed by atoms with Crippen LogP contribution in [0.15, 0.2) is 60.7 Å². The van der Waals surface area contributed by atoms with Crippen LogP contribution in [0, 0.1) is 0 Å². The number of ether oxygens (including phenoxy) is 2. The van der Waals surface area contributed by atoms with Gasteiger partial charge in [0.1, 0.15) is 6.61 Å². The third kappa shape index (κ3) is 5.36. The van der Waals surface area contributed by atoms with Crippen molar-refractivity contribution in [2.24, 2.45) is 0 Å². The number of esters is 1. The Morgan fingerprint density at radius 3 is 2.61 bits per heavy atom. The minimum Gasteiger partial charge on any atom is -0.504 e. The predicted octanol–water partition coefficient (Wildman–Crippen LogP) is 3.67. The van der Waals surface area contributed by atoms with Crippen LogP contribution in [0.4, 0.5) is 0 Å². The molecule has 2 aromatic carbocycles. The minimum atomic E-state index is -0.435. The van der Waals surface area contributed by atoms with Crippen LogP contribution in [0.3, 0.4) is 0 Å². The minimum absolute atomic E-state index is 0.0540. The standard InChI is InChI=1S/C19H18O4/c1-22-18-14-16(9-11-17(18)20)10-12-19(21)23-13-5-8-15-6-3-2-4-7-15/h2-12,14,20H,13H2,1H3/b8-5+,12-10+. The molecule has 1 N–H and O–H groups in total. The lowest BCUT2D eigenvalue weighted by Gasteiger charge is -2.03. The first-order valence-corrected chi connectivity index (χ1v) is 7.12. The fourth-order valence-electron chi connectivity index (χ4n) is 1.89. The third-order valence-electron chi connectivity index (χ3n) is 3.05. The Labute approximate surface area is 135 Å². The van der Waals surface area contributed by atoms with E-state index in [4.69, 9.17) is 9.47 Å². The van der Waals surface area contributed by atoms with Gasteiger partial charge in [-0.15, -0.1) is 0 Å². The first-order valence-electron chi connectivity index (χ1n) is 7.12. The number of carbonyl (C=O) groups excluding carboxylic acids is 1. The second-order valence-corrected chi connectivity index (χ2v) is 4.71. The van der Waals surface area contributed by atoms with Crippen molar-refractivity contribution in [2.45, 2.75) is 0 Å². The maximum Gasteiger partial charge on any atom is 0.331 e. The number of hydrogen-bond donors (Lipinski definition) is 1. The summed E-state index contributed by atoms with van der Waals surface area (Å²) < 4.78 is 10.1. The number of rotatable bonds is 6. The molecule has 0 bridgehead atoms. The smallest absolute Gasteiger partial charge is 0.331 e. The predicted molar refractivity (Wildman–Crippen MR) is 90.1 cm³/mol. The van der Waals surface area contributed by atoms with Gasteiger partial charge in [0.2, 0.25) is 0 Å². The molecule has 0 aliphatic heterocycles. The largest absolute Gasteiger partial charge is 0.504 e. The number of carbonyl (C=O) groups is 1. The van der Waals surface area contributed by atoms with E-state index < -0.39 is 5.97 Å². The molecule has 23 heavy (non-hydrogen) atoms. The van der Waals surface area contributed by atoms with E-state index in [-0.39, 0.29) is 12.4 Å². The molecule has 0 fully saturated rings. The molecule has 0 saturated heterocycles. The van der Waals surface area contributed by atoms with Gasteiger partial charge in [-0.25, -0.2) is 4.79 Å². The lowest BCUT2D eigenvalue weighted by Crippen LogP contribution is -1.99. The van der Waals surface area contributed by atoms with Crippen LogP contribution in [-0.4, -0.2) is 24.8 Å². The summed E-state index contributed by atoms with van der Waals surface area (Å²) in [5.74, 6) is -0.0284. The Hall–Kier alpha value is -3.01. The molecule has 2 aromatic rings. The fraction of sp³-hybridized carbons (Fsp3) is 0.105. The number of phenolic OH excluding ortho intramolecular Hbond substituents is 1. The summed E-state index contributed by atoms with van der Waals surface area (Å²) in [5, 5.41) is 9.50. The topological polar surface area (TPSA) is 55.8 Å². The molecule has 0 radical (unpaired) electrons. The Bertz CT molecular complexity index is 703. The van der Waals surface area contributed by atoms with Gasteiger partial charge in [0.25, 0.3) is 0 Å². The molecular formula is C19H18O4. The normalized spacial score (nSPS) is 11.0. The van der Waals surface area contributed by atoms with E-state index in [2.05, 4.69) is 0 Å². The number of phenols is 1. The quantitative estimate of drug-likeness (QED) is 0.653. The Morgan fingerprint density at radius 2 is 1.87 bits per heavy atom. The highest BCUT2D eigenvalue weighted by atomic mass is 16.5. The van der Waals surface area contributed by atoms with Crippen LogP contribution in [0.1, 0.15) is 11.1 Å². The van der Waals surface area contributed by atoms with Crippen LogP contribution in [0.2, 0.25) is 0 Å². The van der Waals surface area contributed by atoms with Crippen molar-refractivity contribution in [3.05, 3.63) is 71.8 Å². The van der Waals surface area contributed by atoms with Crippen molar-refractivity contribution < 1.29 is 19.4 Å². The monoisotopic (exact) mass is 310 g/mol. The van der Waals surface area contributed by atoms with Crippen LogP contribution in [0.25, 0.3) is 12.2 Å². The molecule has 0 spiro atoms. The molecule has 0 atom stereocenters.